The van der Waals surface area contributed by atoms with Gasteiger partial charge in [0.15, 0.2) is 6.04 Å². The standard InChI is InChI=1S/C18H14BrCl4NO3/c1-2-27-18(26)17(15-12(21)7-8-13(22)16(15)23)24(14(25)9-20)11-5-3-10(19)4-6-11/h3-8,17H,2,9H2,1H3. The molecule has 0 heterocycles. The zero-order valence-electron chi connectivity index (χ0n) is 14.0. The predicted octanol–water partition coefficient (Wildman–Crippen LogP) is 6.29. The second kappa shape index (κ2) is 9.99. The van der Waals surface area contributed by atoms with E-state index in [2.05, 4.69) is 15.9 Å². The normalized spacial score (nSPS) is 11.8. The van der Waals surface area contributed by atoms with Gasteiger partial charge in [0.1, 0.15) is 5.88 Å². The van der Waals surface area contributed by atoms with E-state index in [1.807, 2.05) is 0 Å². The van der Waals surface area contributed by atoms with E-state index < -0.39 is 17.9 Å². The lowest BCUT2D eigenvalue weighted by Crippen LogP contribution is -2.41. The summed E-state index contributed by atoms with van der Waals surface area (Å²) in [7, 11) is 0. The van der Waals surface area contributed by atoms with Crippen LogP contribution >= 0.6 is 62.3 Å². The minimum absolute atomic E-state index is 0.0618. The van der Waals surface area contributed by atoms with Crippen molar-refractivity contribution in [2.45, 2.75) is 13.0 Å². The quantitative estimate of drug-likeness (QED) is 0.259. The summed E-state index contributed by atoms with van der Waals surface area (Å²) < 4.78 is 5.99. The first-order valence-electron chi connectivity index (χ1n) is 7.75. The van der Waals surface area contributed by atoms with E-state index in [9.17, 15) is 9.59 Å². The van der Waals surface area contributed by atoms with Crippen LogP contribution in [0.5, 0.6) is 0 Å². The molecule has 0 N–H and O–H groups in total. The molecule has 1 amide bonds. The summed E-state index contributed by atoms with van der Waals surface area (Å²) in [6.07, 6.45) is 0. The fourth-order valence-electron chi connectivity index (χ4n) is 2.47. The van der Waals surface area contributed by atoms with Gasteiger partial charge in [0.2, 0.25) is 5.91 Å². The molecule has 2 aromatic rings. The summed E-state index contributed by atoms with van der Waals surface area (Å²) in [5.41, 5.74) is 0.597. The van der Waals surface area contributed by atoms with Crippen LogP contribution in [-0.4, -0.2) is 24.4 Å². The molecule has 27 heavy (non-hydrogen) atoms. The molecule has 2 aromatic carbocycles. The lowest BCUT2D eigenvalue weighted by Gasteiger charge is -2.31. The van der Waals surface area contributed by atoms with E-state index in [1.165, 1.54) is 17.0 Å². The largest absolute Gasteiger partial charge is 0.464 e. The number of halogens is 5. The van der Waals surface area contributed by atoms with E-state index in [0.717, 1.165) is 4.47 Å². The molecule has 0 aromatic heterocycles. The Morgan fingerprint density at radius 3 is 2.22 bits per heavy atom. The Balaban J connectivity index is 2.73. The highest BCUT2D eigenvalue weighted by molar-refractivity contribution is 9.10. The molecule has 0 saturated heterocycles. The number of amides is 1. The molecule has 1 unspecified atom stereocenters. The van der Waals surface area contributed by atoms with Gasteiger partial charge < -0.3 is 4.74 Å². The van der Waals surface area contributed by atoms with E-state index in [4.69, 9.17) is 51.1 Å². The van der Waals surface area contributed by atoms with E-state index in [1.54, 1.807) is 31.2 Å². The van der Waals surface area contributed by atoms with Gasteiger partial charge in [0.25, 0.3) is 0 Å². The Bertz CT molecular complexity index is 845. The fraction of sp³-hybridized carbons (Fsp3) is 0.222. The molecule has 9 heteroatoms. The highest BCUT2D eigenvalue weighted by atomic mass is 79.9. The minimum Gasteiger partial charge on any atom is -0.464 e. The van der Waals surface area contributed by atoms with Crippen LogP contribution < -0.4 is 4.90 Å². The van der Waals surface area contributed by atoms with Crippen molar-refractivity contribution in [3.63, 3.8) is 0 Å². The van der Waals surface area contributed by atoms with Crippen molar-refractivity contribution in [1.82, 2.24) is 0 Å². The van der Waals surface area contributed by atoms with Gasteiger partial charge >= 0.3 is 5.97 Å². The number of carbonyl (C=O) groups is 2. The molecular formula is C18H14BrCl4NO3. The van der Waals surface area contributed by atoms with Gasteiger partial charge in [0, 0.05) is 20.7 Å². The number of rotatable bonds is 6. The number of benzene rings is 2. The van der Waals surface area contributed by atoms with Crippen LogP contribution in [0.3, 0.4) is 0 Å². The predicted molar refractivity (Wildman–Crippen MR) is 113 cm³/mol. The van der Waals surface area contributed by atoms with Crippen molar-refractivity contribution in [3.05, 3.63) is 61.5 Å². The number of carbonyl (C=O) groups excluding carboxylic acids is 2. The van der Waals surface area contributed by atoms with E-state index in [0.29, 0.717) is 5.69 Å². The van der Waals surface area contributed by atoms with Crippen LogP contribution in [0.25, 0.3) is 0 Å². The van der Waals surface area contributed by atoms with Crippen LogP contribution in [0, 0.1) is 0 Å². The van der Waals surface area contributed by atoms with Crippen LogP contribution in [0.4, 0.5) is 5.69 Å². The van der Waals surface area contributed by atoms with Gasteiger partial charge in [-0.1, -0.05) is 50.7 Å². The van der Waals surface area contributed by atoms with Gasteiger partial charge in [-0.25, -0.2) is 4.79 Å². The molecule has 2 rings (SSSR count). The topological polar surface area (TPSA) is 46.6 Å². The van der Waals surface area contributed by atoms with E-state index in [-0.39, 0.29) is 33.1 Å². The first kappa shape index (κ1) is 22.3. The molecule has 0 aliphatic rings. The number of anilines is 1. The second-order valence-electron chi connectivity index (χ2n) is 5.29. The summed E-state index contributed by atoms with van der Waals surface area (Å²) in [6.45, 7) is 1.76. The Morgan fingerprint density at radius 2 is 1.67 bits per heavy atom. The average Bonchev–Trinajstić information content (AvgIpc) is 2.65. The zero-order chi connectivity index (χ0) is 20.1. The third-order valence-corrected chi connectivity index (χ3v) is 5.51. The molecule has 0 aliphatic heterocycles. The molecule has 0 aliphatic carbocycles. The maximum atomic E-state index is 12.8. The molecular weight excluding hydrogens is 500 g/mol. The third kappa shape index (κ3) is 5.09. The highest BCUT2D eigenvalue weighted by Crippen LogP contribution is 2.40. The second-order valence-corrected chi connectivity index (χ2v) is 7.66. The summed E-state index contributed by atoms with van der Waals surface area (Å²) in [5.74, 6) is -1.59. The molecule has 4 nitrogen and oxygen atoms in total. The van der Waals surface area contributed by atoms with Crippen LogP contribution in [0.1, 0.15) is 18.5 Å². The van der Waals surface area contributed by atoms with Crippen LogP contribution in [0.15, 0.2) is 40.9 Å². The first-order chi connectivity index (χ1) is 12.8. The number of alkyl halides is 1. The van der Waals surface area contributed by atoms with Crippen molar-refractivity contribution >= 4 is 79.9 Å². The molecule has 0 radical (unpaired) electrons. The monoisotopic (exact) mass is 511 g/mol. The zero-order valence-corrected chi connectivity index (χ0v) is 18.6. The van der Waals surface area contributed by atoms with Crippen molar-refractivity contribution in [3.8, 4) is 0 Å². The van der Waals surface area contributed by atoms with Gasteiger partial charge in [-0.05, 0) is 43.3 Å². The Hall–Kier alpha value is -0.980. The minimum atomic E-state index is -1.25. The first-order valence-corrected chi connectivity index (χ1v) is 10.2. The van der Waals surface area contributed by atoms with Crippen LogP contribution in [-0.2, 0) is 14.3 Å². The number of esters is 1. The summed E-state index contributed by atoms with van der Waals surface area (Å²) in [4.78, 5) is 26.7. The highest BCUT2D eigenvalue weighted by Gasteiger charge is 2.37. The van der Waals surface area contributed by atoms with Gasteiger partial charge in [-0.2, -0.15) is 0 Å². The molecule has 0 bridgehead atoms. The van der Waals surface area contributed by atoms with Crippen LogP contribution in [0.2, 0.25) is 15.1 Å². The van der Waals surface area contributed by atoms with Crippen molar-refractivity contribution in [1.29, 1.82) is 0 Å². The Kier molecular flexibility index (Phi) is 8.25. The summed E-state index contributed by atoms with van der Waals surface area (Å²) >= 11 is 27.9. The number of ether oxygens (including phenoxy) is 1. The number of hydrogen-bond donors (Lipinski definition) is 0. The Labute approximate surface area is 185 Å². The Morgan fingerprint density at radius 1 is 1.07 bits per heavy atom. The SMILES string of the molecule is CCOC(=O)C(c1c(Cl)ccc(Cl)c1Cl)N(C(=O)CCl)c1ccc(Br)cc1. The molecule has 0 fully saturated rings. The lowest BCUT2D eigenvalue weighted by molar-refractivity contribution is -0.146. The summed E-state index contributed by atoms with van der Waals surface area (Å²) in [5, 5.41) is 0.429. The molecule has 0 spiro atoms. The maximum absolute atomic E-state index is 12.8. The van der Waals surface area contributed by atoms with Gasteiger partial charge in [0.05, 0.1) is 16.7 Å². The maximum Gasteiger partial charge on any atom is 0.334 e. The fourth-order valence-corrected chi connectivity index (χ4v) is 3.61. The molecule has 1 atom stereocenters. The van der Waals surface area contributed by atoms with Crippen molar-refractivity contribution in [2.24, 2.45) is 0 Å². The smallest absolute Gasteiger partial charge is 0.334 e. The lowest BCUT2D eigenvalue weighted by atomic mass is 10.0. The number of hydrogen-bond acceptors (Lipinski definition) is 3. The molecule has 144 valence electrons. The van der Waals surface area contributed by atoms with Crippen molar-refractivity contribution in [2.75, 3.05) is 17.4 Å². The number of nitrogens with zero attached hydrogens (tertiary/aromatic N) is 1. The van der Waals surface area contributed by atoms with E-state index >= 15 is 0 Å². The summed E-state index contributed by atoms with van der Waals surface area (Å²) in [6, 6.07) is 8.53. The third-order valence-electron chi connectivity index (χ3n) is 3.61. The average molecular weight is 514 g/mol. The van der Waals surface area contributed by atoms with Gasteiger partial charge in [-0.3, -0.25) is 9.69 Å². The molecule has 0 saturated carbocycles. The van der Waals surface area contributed by atoms with Gasteiger partial charge in [-0.15, -0.1) is 11.6 Å². The van der Waals surface area contributed by atoms with Crippen molar-refractivity contribution < 1.29 is 14.3 Å².